The molecule has 0 radical (unpaired) electrons. The van der Waals surface area contributed by atoms with Gasteiger partial charge in [-0.15, -0.1) is 0 Å². The highest BCUT2D eigenvalue weighted by Crippen LogP contribution is 2.41. The van der Waals surface area contributed by atoms with Gasteiger partial charge in [0.1, 0.15) is 0 Å². The summed E-state index contributed by atoms with van der Waals surface area (Å²) in [6.45, 7) is 4.30. The van der Waals surface area contributed by atoms with Crippen molar-refractivity contribution in [1.82, 2.24) is 4.98 Å². The van der Waals surface area contributed by atoms with Crippen LogP contribution in [0.4, 0.5) is 5.69 Å². The first-order valence-corrected chi connectivity index (χ1v) is 6.29. The third kappa shape index (κ3) is 1.68. The Balaban J connectivity index is 2.35. The molecule has 2 nitrogen and oxygen atoms in total. The number of aryl methyl sites for hydroxylation is 2. The molecule has 1 heterocycles. The lowest BCUT2D eigenvalue weighted by Crippen LogP contribution is -1.98. The van der Waals surface area contributed by atoms with E-state index < -0.39 is 0 Å². The van der Waals surface area contributed by atoms with Crippen molar-refractivity contribution < 1.29 is 0 Å². The molecule has 0 atom stereocenters. The van der Waals surface area contributed by atoms with Crippen LogP contribution in [0.5, 0.6) is 0 Å². The highest BCUT2D eigenvalue weighted by molar-refractivity contribution is 5.96. The molecule has 0 aliphatic heterocycles. The fourth-order valence-corrected chi connectivity index (χ4v) is 2.45. The lowest BCUT2D eigenvalue weighted by molar-refractivity contribution is 1.04. The summed E-state index contributed by atoms with van der Waals surface area (Å²) in [5, 5.41) is 4.60. The number of pyridine rings is 1. The van der Waals surface area contributed by atoms with E-state index in [0.717, 1.165) is 0 Å². The average Bonchev–Trinajstić information content (AvgIpc) is 3.16. The Morgan fingerprint density at radius 3 is 2.53 bits per heavy atom. The Morgan fingerprint density at radius 1 is 1.18 bits per heavy atom. The molecule has 2 aromatic rings. The summed E-state index contributed by atoms with van der Waals surface area (Å²) >= 11 is 0. The SMILES string of the molecule is CNc1cc(C2CC2)nc2c(C)ccc(C)c12. The third-order valence-electron chi connectivity index (χ3n) is 3.66. The standard InChI is InChI=1S/C15H18N2/c1-9-4-5-10(2)15-14(9)13(16-3)8-12(17-15)11-6-7-11/h4-5,8,11H,6-7H2,1-3H3,(H,16,17). The van der Waals surface area contributed by atoms with E-state index in [-0.39, 0.29) is 0 Å². The van der Waals surface area contributed by atoms with Crippen LogP contribution in [0.15, 0.2) is 18.2 Å². The second-order valence-electron chi connectivity index (χ2n) is 5.04. The second kappa shape index (κ2) is 3.73. The molecular formula is C15H18N2. The molecule has 0 spiro atoms. The van der Waals surface area contributed by atoms with Gasteiger partial charge in [0.25, 0.3) is 0 Å². The molecule has 0 saturated heterocycles. The molecule has 2 heteroatoms. The monoisotopic (exact) mass is 226 g/mol. The van der Waals surface area contributed by atoms with Crippen molar-refractivity contribution in [3.63, 3.8) is 0 Å². The second-order valence-corrected chi connectivity index (χ2v) is 5.04. The predicted molar refractivity (Wildman–Crippen MR) is 72.7 cm³/mol. The number of nitrogens with one attached hydrogen (secondary N) is 1. The first-order valence-electron chi connectivity index (χ1n) is 6.29. The van der Waals surface area contributed by atoms with Gasteiger partial charge in [-0.3, -0.25) is 4.98 Å². The molecule has 3 rings (SSSR count). The van der Waals surface area contributed by atoms with Crippen molar-refractivity contribution in [2.75, 3.05) is 12.4 Å². The minimum Gasteiger partial charge on any atom is -0.388 e. The van der Waals surface area contributed by atoms with E-state index in [9.17, 15) is 0 Å². The maximum absolute atomic E-state index is 4.87. The molecule has 1 aliphatic carbocycles. The van der Waals surface area contributed by atoms with E-state index in [0.29, 0.717) is 5.92 Å². The third-order valence-corrected chi connectivity index (χ3v) is 3.66. The van der Waals surface area contributed by atoms with E-state index in [2.05, 4.69) is 37.4 Å². The van der Waals surface area contributed by atoms with Gasteiger partial charge in [0.05, 0.1) is 5.52 Å². The highest BCUT2D eigenvalue weighted by Gasteiger charge is 2.26. The molecule has 0 bridgehead atoms. The number of hydrogen-bond acceptors (Lipinski definition) is 2. The molecule has 1 aliphatic rings. The summed E-state index contributed by atoms with van der Waals surface area (Å²) in [5.41, 5.74) is 6.21. The van der Waals surface area contributed by atoms with Crippen molar-refractivity contribution in [3.05, 3.63) is 35.0 Å². The van der Waals surface area contributed by atoms with Crippen LogP contribution in [0, 0.1) is 13.8 Å². The fourth-order valence-electron chi connectivity index (χ4n) is 2.45. The lowest BCUT2D eigenvalue weighted by Gasteiger charge is -2.12. The smallest absolute Gasteiger partial charge is 0.0758 e. The summed E-state index contributed by atoms with van der Waals surface area (Å²) in [7, 11) is 1.99. The number of aromatic nitrogens is 1. The van der Waals surface area contributed by atoms with Gasteiger partial charge >= 0.3 is 0 Å². The number of fused-ring (bicyclic) bond motifs is 1. The summed E-state index contributed by atoms with van der Waals surface area (Å²) in [5.74, 6) is 0.700. The van der Waals surface area contributed by atoms with Gasteiger partial charge < -0.3 is 5.32 Å². The maximum atomic E-state index is 4.87. The maximum Gasteiger partial charge on any atom is 0.0758 e. The van der Waals surface area contributed by atoms with Gasteiger partial charge in [-0.1, -0.05) is 12.1 Å². The largest absolute Gasteiger partial charge is 0.388 e. The zero-order chi connectivity index (χ0) is 12.0. The highest BCUT2D eigenvalue weighted by atomic mass is 14.8. The van der Waals surface area contributed by atoms with Gasteiger partial charge in [0.15, 0.2) is 0 Å². The summed E-state index contributed by atoms with van der Waals surface area (Å²) < 4.78 is 0. The van der Waals surface area contributed by atoms with Crippen molar-refractivity contribution in [2.45, 2.75) is 32.6 Å². The van der Waals surface area contributed by atoms with E-state index in [1.165, 1.54) is 46.3 Å². The Bertz CT molecular complexity index is 583. The van der Waals surface area contributed by atoms with Crippen LogP contribution in [-0.4, -0.2) is 12.0 Å². The van der Waals surface area contributed by atoms with Crippen LogP contribution in [0.2, 0.25) is 0 Å². The molecule has 0 amide bonds. The molecule has 1 aromatic heterocycles. The lowest BCUT2D eigenvalue weighted by atomic mass is 10.0. The number of nitrogens with zero attached hydrogens (tertiary/aromatic N) is 1. The van der Waals surface area contributed by atoms with Gasteiger partial charge in [0, 0.05) is 29.7 Å². The van der Waals surface area contributed by atoms with Crippen LogP contribution in [-0.2, 0) is 0 Å². The first kappa shape index (κ1) is 10.6. The van der Waals surface area contributed by atoms with Crippen LogP contribution in [0.25, 0.3) is 10.9 Å². The van der Waals surface area contributed by atoms with Crippen molar-refractivity contribution in [3.8, 4) is 0 Å². The number of anilines is 1. The van der Waals surface area contributed by atoms with Gasteiger partial charge in [0.2, 0.25) is 0 Å². The van der Waals surface area contributed by atoms with Gasteiger partial charge in [-0.05, 0) is 43.9 Å². The molecule has 88 valence electrons. The van der Waals surface area contributed by atoms with E-state index in [1.54, 1.807) is 0 Å². The topological polar surface area (TPSA) is 24.9 Å². The van der Waals surface area contributed by atoms with Crippen LogP contribution in [0.3, 0.4) is 0 Å². The predicted octanol–water partition coefficient (Wildman–Crippen LogP) is 3.77. The molecule has 0 unspecified atom stereocenters. The number of benzene rings is 1. The Labute approximate surface area is 102 Å². The molecule has 1 fully saturated rings. The van der Waals surface area contributed by atoms with Crippen molar-refractivity contribution >= 4 is 16.6 Å². The zero-order valence-corrected chi connectivity index (χ0v) is 10.7. The Kier molecular flexibility index (Phi) is 2.32. The first-order chi connectivity index (χ1) is 8.20. The molecule has 1 N–H and O–H groups in total. The summed E-state index contributed by atoms with van der Waals surface area (Å²) in [6.07, 6.45) is 2.60. The zero-order valence-electron chi connectivity index (χ0n) is 10.7. The Morgan fingerprint density at radius 2 is 1.88 bits per heavy atom. The van der Waals surface area contributed by atoms with Crippen molar-refractivity contribution in [2.24, 2.45) is 0 Å². The quantitative estimate of drug-likeness (QED) is 0.843. The van der Waals surface area contributed by atoms with Gasteiger partial charge in [-0.25, -0.2) is 0 Å². The van der Waals surface area contributed by atoms with Crippen molar-refractivity contribution in [1.29, 1.82) is 0 Å². The number of rotatable bonds is 2. The minimum atomic E-state index is 0.700. The molecule has 17 heavy (non-hydrogen) atoms. The minimum absolute atomic E-state index is 0.700. The number of hydrogen-bond donors (Lipinski definition) is 1. The summed E-state index contributed by atoms with van der Waals surface area (Å²) in [4.78, 5) is 4.87. The fraction of sp³-hybridized carbons (Fsp3) is 0.400. The molecule has 1 aromatic carbocycles. The normalized spacial score (nSPS) is 15.2. The van der Waals surface area contributed by atoms with E-state index in [1.807, 2.05) is 7.05 Å². The average molecular weight is 226 g/mol. The summed E-state index contributed by atoms with van der Waals surface area (Å²) in [6, 6.07) is 6.57. The van der Waals surface area contributed by atoms with Gasteiger partial charge in [-0.2, -0.15) is 0 Å². The molecular weight excluding hydrogens is 208 g/mol. The van der Waals surface area contributed by atoms with Crippen LogP contribution < -0.4 is 5.32 Å². The molecule has 1 saturated carbocycles. The van der Waals surface area contributed by atoms with E-state index in [4.69, 9.17) is 4.98 Å². The van der Waals surface area contributed by atoms with Crippen LogP contribution in [0.1, 0.15) is 35.6 Å². The van der Waals surface area contributed by atoms with E-state index >= 15 is 0 Å². The Hall–Kier alpha value is -1.57. The van der Waals surface area contributed by atoms with Crippen LogP contribution >= 0.6 is 0 Å².